The fraction of sp³-hybridized carbons (Fsp3) is 0.125. The number of pyridine rings is 2. The molecule has 0 aliphatic rings. The van der Waals surface area contributed by atoms with Crippen LogP contribution >= 0.6 is 11.6 Å². The number of aromatic nitrogens is 4. The molecule has 3 rings (SSSR count). The number of nitrogens with one attached hydrogen (secondary N) is 2. The number of anilines is 1. The first-order valence-electron chi connectivity index (χ1n) is 7.24. The third-order valence-electron chi connectivity index (χ3n) is 3.12. The van der Waals surface area contributed by atoms with E-state index in [0.717, 1.165) is 11.3 Å². The summed E-state index contributed by atoms with van der Waals surface area (Å²) in [6.45, 7) is 2.28. The minimum atomic E-state index is -0.467. The molecule has 0 spiro atoms. The van der Waals surface area contributed by atoms with E-state index in [1.165, 1.54) is 0 Å². The normalized spacial score (nSPS) is 10.4. The van der Waals surface area contributed by atoms with Crippen molar-refractivity contribution >= 4 is 23.3 Å². The molecule has 0 saturated heterocycles. The number of halogens is 1. The van der Waals surface area contributed by atoms with Gasteiger partial charge in [-0.3, -0.25) is 14.9 Å². The Morgan fingerprint density at radius 1 is 1.38 bits per heavy atom. The Kier molecular flexibility index (Phi) is 4.72. The second kappa shape index (κ2) is 7.10. The van der Waals surface area contributed by atoms with Crippen LogP contribution in [0.3, 0.4) is 0 Å². The van der Waals surface area contributed by atoms with Gasteiger partial charge >= 0.3 is 0 Å². The molecule has 3 aromatic rings. The summed E-state index contributed by atoms with van der Waals surface area (Å²) in [5.74, 6) is 0.231. The molecule has 0 radical (unpaired) electrons. The first-order valence-corrected chi connectivity index (χ1v) is 7.61. The van der Waals surface area contributed by atoms with E-state index < -0.39 is 5.91 Å². The van der Waals surface area contributed by atoms with Crippen molar-refractivity contribution in [2.45, 2.75) is 6.92 Å². The summed E-state index contributed by atoms with van der Waals surface area (Å²) in [6, 6.07) is 8.58. The van der Waals surface area contributed by atoms with Crippen molar-refractivity contribution in [1.29, 1.82) is 0 Å². The maximum absolute atomic E-state index is 12.4. The number of rotatable bonds is 5. The zero-order chi connectivity index (χ0) is 16.9. The lowest BCUT2D eigenvalue weighted by Crippen LogP contribution is -2.15. The van der Waals surface area contributed by atoms with Crippen LogP contribution in [0, 0.1) is 0 Å². The largest absolute Gasteiger partial charge is 0.478 e. The Morgan fingerprint density at radius 3 is 3.00 bits per heavy atom. The van der Waals surface area contributed by atoms with Gasteiger partial charge in [-0.05, 0) is 25.1 Å². The minimum Gasteiger partial charge on any atom is -0.478 e. The molecule has 2 N–H and O–H groups in total. The van der Waals surface area contributed by atoms with Gasteiger partial charge in [0, 0.05) is 30.1 Å². The fourth-order valence-electron chi connectivity index (χ4n) is 2.04. The van der Waals surface area contributed by atoms with E-state index in [1.54, 1.807) is 30.6 Å². The number of ether oxygens (including phenoxy) is 1. The second-order valence-electron chi connectivity index (χ2n) is 4.78. The zero-order valence-corrected chi connectivity index (χ0v) is 13.5. The highest BCUT2D eigenvalue weighted by Crippen LogP contribution is 2.21. The maximum Gasteiger partial charge on any atom is 0.277 e. The van der Waals surface area contributed by atoms with Crippen LogP contribution in [0.15, 0.2) is 42.7 Å². The van der Waals surface area contributed by atoms with Crippen molar-refractivity contribution in [1.82, 2.24) is 20.2 Å². The molecular formula is C16H14ClN5O2. The molecule has 122 valence electrons. The molecule has 0 bridgehead atoms. The van der Waals surface area contributed by atoms with Crippen molar-refractivity contribution in [3.05, 3.63) is 53.4 Å². The van der Waals surface area contributed by atoms with E-state index in [1.807, 2.05) is 19.1 Å². The van der Waals surface area contributed by atoms with Crippen molar-refractivity contribution in [3.63, 3.8) is 0 Å². The van der Waals surface area contributed by atoms with Gasteiger partial charge < -0.3 is 10.1 Å². The van der Waals surface area contributed by atoms with Gasteiger partial charge in [0.2, 0.25) is 5.88 Å². The number of amides is 1. The lowest BCUT2D eigenvalue weighted by atomic mass is 10.2. The monoisotopic (exact) mass is 343 g/mol. The Morgan fingerprint density at radius 2 is 2.25 bits per heavy atom. The van der Waals surface area contributed by atoms with Gasteiger partial charge in [-0.25, -0.2) is 4.98 Å². The topological polar surface area (TPSA) is 92.8 Å². The Hall–Kier alpha value is -2.93. The average Bonchev–Trinajstić information content (AvgIpc) is 3.06. The predicted molar refractivity (Wildman–Crippen MR) is 90.2 cm³/mol. The van der Waals surface area contributed by atoms with Crippen LogP contribution < -0.4 is 10.1 Å². The second-order valence-corrected chi connectivity index (χ2v) is 5.18. The molecule has 0 unspecified atom stereocenters. The van der Waals surface area contributed by atoms with Gasteiger partial charge in [0.1, 0.15) is 0 Å². The van der Waals surface area contributed by atoms with E-state index in [0.29, 0.717) is 18.3 Å². The number of hydrogen-bond acceptors (Lipinski definition) is 5. The SMILES string of the molecule is CCOc1ccc(Cl)c(C(=O)Nc2cc(-c3cccnc3)[nH]n2)n1. The van der Waals surface area contributed by atoms with E-state index >= 15 is 0 Å². The summed E-state index contributed by atoms with van der Waals surface area (Å²) >= 11 is 6.04. The third-order valence-corrected chi connectivity index (χ3v) is 3.42. The van der Waals surface area contributed by atoms with Gasteiger partial charge in [0.25, 0.3) is 5.91 Å². The first kappa shape index (κ1) is 15.9. The number of carbonyl (C=O) groups excluding carboxylic acids is 1. The minimum absolute atomic E-state index is 0.0774. The van der Waals surface area contributed by atoms with Crippen LogP contribution in [0.5, 0.6) is 5.88 Å². The van der Waals surface area contributed by atoms with E-state index in [2.05, 4.69) is 25.5 Å². The number of nitrogens with zero attached hydrogens (tertiary/aromatic N) is 3. The standard InChI is InChI=1S/C16H14ClN5O2/c1-2-24-14-6-5-11(17)15(20-14)16(23)19-13-8-12(21-22-13)10-4-3-7-18-9-10/h3-9H,2H2,1H3,(H2,19,21,22,23). The lowest BCUT2D eigenvalue weighted by molar-refractivity contribution is 0.102. The first-order chi connectivity index (χ1) is 11.7. The molecule has 0 atom stereocenters. The van der Waals surface area contributed by atoms with Crippen LogP contribution in [0.4, 0.5) is 5.82 Å². The molecule has 3 aromatic heterocycles. The maximum atomic E-state index is 12.4. The summed E-state index contributed by atoms with van der Waals surface area (Å²) in [5.41, 5.74) is 1.68. The number of hydrogen-bond donors (Lipinski definition) is 2. The third kappa shape index (κ3) is 3.52. The summed E-state index contributed by atoms with van der Waals surface area (Å²) < 4.78 is 5.29. The lowest BCUT2D eigenvalue weighted by Gasteiger charge is -2.06. The molecule has 0 fully saturated rings. The van der Waals surface area contributed by atoms with Crippen molar-refractivity contribution in [3.8, 4) is 17.1 Å². The summed E-state index contributed by atoms with van der Waals surface area (Å²) in [5, 5.41) is 9.79. The molecule has 0 aromatic carbocycles. The van der Waals surface area contributed by atoms with Crippen LogP contribution in [-0.4, -0.2) is 32.7 Å². The number of H-pyrrole nitrogens is 1. The van der Waals surface area contributed by atoms with Crippen molar-refractivity contribution < 1.29 is 9.53 Å². The van der Waals surface area contributed by atoms with Gasteiger partial charge in [0.05, 0.1) is 17.3 Å². The average molecular weight is 344 g/mol. The number of carbonyl (C=O) groups is 1. The Labute approximate surface area is 143 Å². The van der Waals surface area contributed by atoms with Gasteiger partial charge in [0.15, 0.2) is 11.5 Å². The molecule has 3 heterocycles. The highest BCUT2D eigenvalue weighted by Gasteiger charge is 2.15. The molecule has 0 aliphatic carbocycles. The molecule has 0 saturated carbocycles. The molecule has 8 heteroatoms. The van der Waals surface area contributed by atoms with E-state index in [4.69, 9.17) is 16.3 Å². The van der Waals surface area contributed by atoms with E-state index in [9.17, 15) is 4.79 Å². The Bertz CT molecular complexity index is 851. The molecule has 0 aliphatic heterocycles. The zero-order valence-electron chi connectivity index (χ0n) is 12.8. The van der Waals surface area contributed by atoms with Crippen molar-refractivity contribution in [2.75, 3.05) is 11.9 Å². The smallest absolute Gasteiger partial charge is 0.277 e. The van der Waals surface area contributed by atoms with Crippen LogP contribution in [0.2, 0.25) is 5.02 Å². The quantitative estimate of drug-likeness (QED) is 0.742. The Balaban J connectivity index is 1.78. The van der Waals surface area contributed by atoms with Gasteiger partial charge in [-0.1, -0.05) is 11.6 Å². The highest BCUT2D eigenvalue weighted by molar-refractivity contribution is 6.34. The van der Waals surface area contributed by atoms with Crippen LogP contribution in [0.25, 0.3) is 11.3 Å². The molecule has 7 nitrogen and oxygen atoms in total. The van der Waals surface area contributed by atoms with Crippen LogP contribution in [-0.2, 0) is 0 Å². The molecular weight excluding hydrogens is 330 g/mol. The van der Waals surface area contributed by atoms with Gasteiger partial charge in [-0.2, -0.15) is 5.10 Å². The van der Waals surface area contributed by atoms with Crippen LogP contribution in [0.1, 0.15) is 17.4 Å². The summed E-state index contributed by atoms with van der Waals surface area (Å²) in [7, 11) is 0. The fourth-order valence-corrected chi connectivity index (χ4v) is 2.23. The summed E-state index contributed by atoms with van der Waals surface area (Å²) in [4.78, 5) is 20.5. The molecule has 24 heavy (non-hydrogen) atoms. The van der Waals surface area contributed by atoms with Gasteiger partial charge in [-0.15, -0.1) is 0 Å². The van der Waals surface area contributed by atoms with E-state index in [-0.39, 0.29) is 10.7 Å². The highest BCUT2D eigenvalue weighted by atomic mass is 35.5. The molecule has 1 amide bonds. The predicted octanol–water partition coefficient (Wildman–Crippen LogP) is 3.17. The number of aromatic amines is 1. The van der Waals surface area contributed by atoms with Crippen molar-refractivity contribution in [2.24, 2.45) is 0 Å². The summed E-state index contributed by atoms with van der Waals surface area (Å²) in [6.07, 6.45) is 3.38.